The summed E-state index contributed by atoms with van der Waals surface area (Å²) in [6, 6.07) is 7.62. The summed E-state index contributed by atoms with van der Waals surface area (Å²) >= 11 is 6.13. The average molecular weight is 256 g/mol. The Morgan fingerprint density at radius 2 is 2.12 bits per heavy atom. The van der Waals surface area contributed by atoms with Crippen molar-refractivity contribution in [1.29, 1.82) is 0 Å². The first-order valence-corrected chi connectivity index (χ1v) is 6.35. The molecule has 1 aliphatic rings. The third-order valence-corrected chi connectivity index (χ3v) is 3.57. The molecular formula is C13H18ClNO2. The van der Waals surface area contributed by atoms with Gasteiger partial charge in [-0.2, -0.15) is 0 Å². The number of benzene rings is 1. The molecule has 4 heteroatoms. The lowest BCUT2D eigenvalue weighted by Crippen LogP contribution is -2.42. The van der Waals surface area contributed by atoms with Crippen molar-refractivity contribution in [3.8, 4) is 0 Å². The molecule has 0 aromatic heterocycles. The lowest BCUT2D eigenvalue weighted by atomic mass is 9.91. The number of aliphatic hydroxyl groups is 1. The molecule has 94 valence electrons. The van der Waals surface area contributed by atoms with Gasteiger partial charge in [-0.1, -0.05) is 23.7 Å². The number of aliphatic hydroxyl groups excluding tert-OH is 1. The van der Waals surface area contributed by atoms with Gasteiger partial charge in [-0.25, -0.2) is 0 Å². The van der Waals surface area contributed by atoms with E-state index in [1.165, 1.54) is 0 Å². The van der Waals surface area contributed by atoms with Crippen LogP contribution in [-0.4, -0.2) is 30.5 Å². The van der Waals surface area contributed by atoms with Crippen LogP contribution in [0, 0.1) is 0 Å². The number of hydrogen-bond acceptors (Lipinski definition) is 3. The maximum atomic E-state index is 9.66. The largest absolute Gasteiger partial charge is 0.394 e. The lowest BCUT2D eigenvalue weighted by Gasteiger charge is -2.33. The zero-order chi connectivity index (χ0) is 12.1. The number of nitrogens with one attached hydrogen (secondary N) is 1. The van der Waals surface area contributed by atoms with Gasteiger partial charge in [0.05, 0.1) is 22.9 Å². The molecule has 2 rings (SSSR count). The molecule has 1 aromatic rings. The fourth-order valence-electron chi connectivity index (χ4n) is 2.18. The smallest absolute Gasteiger partial charge is 0.0662 e. The number of anilines is 1. The van der Waals surface area contributed by atoms with E-state index < -0.39 is 0 Å². The van der Waals surface area contributed by atoms with Gasteiger partial charge in [0.25, 0.3) is 0 Å². The summed E-state index contributed by atoms with van der Waals surface area (Å²) in [5.41, 5.74) is 0.576. The van der Waals surface area contributed by atoms with E-state index in [-0.39, 0.29) is 12.1 Å². The number of hydrogen-bond donors (Lipinski definition) is 2. The molecule has 1 atom stereocenters. The maximum Gasteiger partial charge on any atom is 0.0662 e. The van der Waals surface area contributed by atoms with Gasteiger partial charge in [0.15, 0.2) is 0 Å². The third-order valence-electron chi connectivity index (χ3n) is 3.25. The molecule has 0 aliphatic carbocycles. The SMILES string of the molecule is OCC1(Nc2ccccc2Cl)CCCOCC1. The molecule has 0 radical (unpaired) electrons. The van der Waals surface area contributed by atoms with E-state index in [1.807, 2.05) is 24.3 Å². The zero-order valence-electron chi connectivity index (χ0n) is 9.79. The Kier molecular flexibility index (Phi) is 4.26. The Bertz CT molecular complexity index is 362. The molecule has 1 unspecified atom stereocenters. The van der Waals surface area contributed by atoms with Crippen LogP contribution in [0.3, 0.4) is 0 Å². The highest BCUT2D eigenvalue weighted by Gasteiger charge is 2.30. The van der Waals surface area contributed by atoms with Gasteiger partial charge in [-0.3, -0.25) is 0 Å². The number of halogens is 1. The molecule has 0 saturated carbocycles. The predicted octanol–water partition coefficient (Wildman–Crippen LogP) is 2.68. The number of ether oxygens (including phenoxy) is 1. The van der Waals surface area contributed by atoms with Crippen LogP contribution < -0.4 is 5.32 Å². The minimum atomic E-state index is -0.304. The second-order valence-corrected chi connectivity index (χ2v) is 4.92. The summed E-state index contributed by atoms with van der Waals surface area (Å²) in [5, 5.41) is 13.7. The van der Waals surface area contributed by atoms with E-state index in [2.05, 4.69) is 5.32 Å². The molecule has 1 aromatic carbocycles. The highest BCUT2D eigenvalue weighted by atomic mass is 35.5. The monoisotopic (exact) mass is 255 g/mol. The van der Waals surface area contributed by atoms with E-state index in [4.69, 9.17) is 16.3 Å². The van der Waals surface area contributed by atoms with Gasteiger partial charge in [0.2, 0.25) is 0 Å². The quantitative estimate of drug-likeness (QED) is 0.873. The van der Waals surface area contributed by atoms with Crippen molar-refractivity contribution in [2.75, 3.05) is 25.1 Å². The first kappa shape index (κ1) is 12.7. The van der Waals surface area contributed by atoms with E-state index in [0.717, 1.165) is 31.6 Å². The summed E-state index contributed by atoms with van der Waals surface area (Å²) in [4.78, 5) is 0. The molecule has 1 saturated heterocycles. The summed E-state index contributed by atoms with van der Waals surface area (Å²) in [7, 11) is 0. The molecule has 17 heavy (non-hydrogen) atoms. The van der Waals surface area contributed by atoms with E-state index in [9.17, 15) is 5.11 Å². The van der Waals surface area contributed by atoms with Crippen molar-refractivity contribution < 1.29 is 9.84 Å². The fraction of sp³-hybridized carbons (Fsp3) is 0.538. The zero-order valence-corrected chi connectivity index (χ0v) is 10.5. The molecule has 0 bridgehead atoms. The van der Waals surface area contributed by atoms with Crippen molar-refractivity contribution in [3.05, 3.63) is 29.3 Å². The minimum absolute atomic E-state index is 0.0988. The van der Waals surface area contributed by atoms with Crippen LogP contribution >= 0.6 is 11.6 Å². The van der Waals surface area contributed by atoms with Crippen LogP contribution in [-0.2, 0) is 4.74 Å². The van der Waals surface area contributed by atoms with Crippen molar-refractivity contribution in [2.45, 2.75) is 24.8 Å². The van der Waals surface area contributed by atoms with Gasteiger partial charge in [-0.15, -0.1) is 0 Å². The van der Waals surface area contributed by atoms with Crippen LogP contribution in [0.5, 0.6) is 0 Å². The maximum absolute atomic E-state index is 9.66. The molecule has 0 spiro atoms. The summed E-state index contributed by atoms with van der Waals surface area (Å²) < 4.78 is 5.44. The summed E-state index contributed by atoms with van der Waals surface area (Å²) in [5.74, 6) is 0. The van der Waals surface area contributed by atoms with Crippen molar-refractivity contribution >= 4 is 17.3 Å². The van der Waals surface area contributed by atoms with Gasteiger partial charge in [0.1, 0.15) is 0 Å². The Hall–Kier alpha value is -0.770. The molecule has 1 aliphatic heterocycles. The second kappa shape index (κ2) is 5.71. The number of para-hydroxylation sites is 1. The summed E-state index contributed by atoms with van der Waals surface area (Å²) in [6.45, 7) is 1.55. The van der Waals surface area contributed by atoms with Crippen LogP contribution in [0.4, 0.5) is 5.69 Å². The lowest BCUT2D eigenvalue weighted by molar-refractivity contribution is 0.132. The average Bonchev–Trinajstić information content (AvgIpc) is 2.58. The molecule has 3 nitrogen and oxygen atoms in total. The minimum Gasteiger partial charge on any atom is -0.394 e. The van der Waals surface area contributed by atoms with Crippen LogP contribution in [0.2, 0.25) is 5.02 Å². The first-order chi connectivity index (χ1) is 8.26. The van der Waals surface area contributed by atoms with Crippen LogP contribution in [0.1, 0.15) is 19.3 Å². The van der Waals surface area contributed by atoms with Gasteiger partial charge in [-0.05, 0) is 31.4 Å². The molecule has 0 amide bonds. The fourth-order valence-corrected chi connectivity index (χ4v) is 2.36. The highest BCUT2D eigenvalue weighted by molar-refractivity contribution is 6.33. The van der Waals surface area contributed by atoms with Gasteiger partial charge < -0.3 is 15.2 Å². The summed E-state index contributed by atoms with van der Waals surface area (Å²) in [6.07, 6.45) is 2.65. The highest BCUT2D eigenvalue weighted by Crippen LogP contribution is 2.29. The first-order valence-electron chi connectivity index (χ1n) is 5.97. The van der Waals surface area contributed by atoms with Gasteiger partial charge >= 0.3 is 0 Å². The molecule has 2 N–H and O–H groups in total. The standard InChI is InChI=1S/C13H18ClNO2/c14-11-4-1-2-5-12(11)15-13(10-16)6-3-8-17-9-7-13/h1-2,4-5,15-16H,3,6-10H2. The van der Waals surface area contributed by atoms with Crippen molar-refractivity contribution in [2.24, 2.45) is 0 Å². The van der Waals surface area contributed by atoms with Gasteiger partial charge in [0, 0.05) is 13.2 Å². The Morgan fingerprint density at radius 1 is 1.29 bits per heavy atom. The van der Waals surface area contributed by atoms with E-state index >= 15 is 0 Å². The Labute approximate surface area is 107 Å². The molecule has 1 heterocycles. The topological polar surface area (TPSA) is 41.5 Å². The predicted molar refractivity (Wildman–Crippen MR) is 69.6 cm³/mol. The Morgan fingerprint density at radius 3 is 2.88 bits per heavy atom. The van der Waals surface area contributed by atoms with E-state index in [1.54, 1.807) is 0 Å². The van der Waals surface area contributed by atoms with Crippen LogP contribution in [0.15, 0.2) is 24.3 Å². The molecular weight excluding hydrogens is 238 g/mol. The van der Waals surface area contributed by atoms with Crippen LogP contribution in [0.25, 0.3) is 0 Å². The second-order valence-electron chi connectivity index (χ2n) is 4.51. The van der Waals surface area contributed by atoms with Crippen molar-refractivity contribution in [3.63, 3.8) is 0 Å². The number of rotatable bonds is 3. The van der Waals surface area contributed by atoms with E-state index in [0.29, 0.717) is 11.6 Å². The Balaban J connectivity index is 2.15. The normalized spacial score (nSPS) is 25.3. The molecule has 1 fully saturated rings. The van der Waals surface area contributed by atoms with Crippen molar-refractivity contribution in [1.82, 2.24) is 0 Å². The third kappa shape index (κ3) is 3.12.